The molecule has 0 saturated carbocycles. The van der Waals surface area contributed by atoms with Gasteiger partial charge in [-0.05, 0) is 50.5 Å². The summed E-state index contributed by atoms with van der Waals surface area (Å²) in [6.07, 6.45) is -0.0874. The van der Waals surface area contributed by atoms with Crippen LogP contribution in [0.2, 0.25) is 0 Å². The molecule has 9 heteroatoms. The Kier molecular flexibility index (Phi) is 7.89. The SMILES string of the molecule is CCOC(=O)c1nc(C)c2c(c1-c1ccccc1C(=O)OC)CC(C(=O)OCC)(C(=O)OCC)C2. The lowest BCUT2D eigenvalue weighted by Gasteiger charge is -2.24. The van der Waals surface area contributed by atoms with Gasteiger partial charge in [-0.25, -0.2) is 14.6 Å². The molecule has 0 N–H and O–H groups in total. The molecule has 0 amide bonds. The molecule has 0 atom stereocenters. The van der Waals surface area contributed by atoms with Crippen LogP contribution in [0, 0.1) is 12.3 Å². The lowest BCUT2D eigenvalue weighted by Crippen LogP contribution is -2.43. The second-order valence-corrected chi connectivity index (χ2v) is 8.01. The summed E-state index contributed by atoms with van der Waals surface area (Å²) in [5.74, 6) is -2.71. The van der Waals surface area contributed by atoms with E-state index in [0.717, 1.165) is 0 Å². The van der Waals surface area contributed by atoms with Crippen molar-refractivity contribution in [2.24, 2.45) is 5.41 Å². The van der Waals surface area contributed by atoms with Crippen molar-refractivity contribution in [3.8, 4) is 11.1 Å². The normalized spacial score (nSPS) is 13.5. The highest BCUT2D eigenvalue weighted by Gasteiger charge is 2.54. The largest absolute Gasteiger partial charge is 0.465 e. The van der Waals surface area contributed by atoms with Gasteiger partial charge in [-0.1, -0.05) is 18.2 Å². The first-order valence-corrected chi connectivity index (χ1v) is 11.5. The Bertz CT molecular complexity index is 1150. The molecule has 1 aliphatic carbocycles. The minimum Gasteiger partial charge on any atom is -0.465 e. The van der Waals surface area contributed by atoms with Gasteiger partial charge in [-0.15, -0.1) is 0 Å². The van der Waals surface area contributed by atoms with Crippen molar-refractivity contribution in [1.82, 2.24) is 4.98 Å². The van der Waals surface area contributed by atoms with Crippen LogP contribution in [0.3, 0.4) is 0 Å². The van der Waals surface area contributed by atoms with Gasteiger partial charge in [0, 0.05) is 24.1 Å². The summed E-state index contributed by atoms with van der Waals surface area (Å²) in [5, 5.41) is 0. The lowest BCUT2D eigenvalue weighted by atomic mass is 9.83. The van der Waals surface area contributed by atoms with E-state index in [4.69, 9.17) is 18.9 Å². The molecule has 0 aliphatic heterocycles. The summed E-state index contributed by atoms with van der Waals surface area (Å²) in [6, 6.07) is 6.61. The fourth-order valence-electron chi connectivity index (χ4n) is 4.44. The molecule has 1 aromatic heterocycles. The zero-order chi connectivity index (χ0) is 25.8. The van der Waals surface area contributed by atoms with E-state index in [-0.39, 0.29) is 43.9 Å². The minimum absolute atomic E-state index is 0.00463. The van der Waals surface area contributed by atoms with Crippen LogP contribution in [0.4, 0.5) is 0 Å². The van der Waals surface area contributed by atoms with E-state index in [1.165, 1.54) is 7.11 Å². The molecule has 1 aromatic carbocycles. The number of rotatable bonds is 8. The predicted molar refractivity (Wildman–Crippen MR) is 125 cm³/mol. The van der Waals surface area contributed by atoms with Gasteiger partial charge in [0.25, 0.3) is 0 Å². The molecule has 0 unspecified atom stereocenters. The Morgan fingerprint density at radius 3 is 2.00 bits per heavy atom. The number of pyridine rings is 1. The highest BCUT2D eigenvalue weighted by Crippen LogP contribution is 2.46. The van der Waals surface area contributed by atoms with Crippen molar-refractivity contribution >= 4 is 23.9 Å². The van der Waals surface area contributed by atoms with Gasteiger partial charge in [0.05, 0.1) is 32.5 Å². The topological polar surface area (TPSA) is 118 Å². The Balaban J connectivity index is 2.35. The molecule has 0 fully saturated rings. The van der Waals surface area contributed by atoms with Crippen LogP contribution in [0.1, 0.15) is 58.4 Å². The standard InChI is InChI=1S/C26H29NO8/c1-6-33-23(29)21-20(16-11-9-10-12-17(16)22(28)32-5)19-14-26(24(30)34-7-2,25(31)35-8-3)13-18(19)15(4)27-21/h9-12H,6-8,13-14H2,1-5H3. The second kappa shape index (κ2) is 10.7. The zero-order valence-electron chi connectivity index (χ0n) is 20.6. The number of hydrogen-bond donors (Lipinski definition) is 0. The van der Waals surface area contributed by atoms with E-state index in [9.17, 15) is 19.2 Å². The molecule has 0 bridgehead atoms. The summed E-state index contributed by atoms with van der Waals surface area (Å²) in [7, 11) is 1.26. The quantitative estimate of drug-likeness (QED) is 0.317. The van der Waals surface area contributed by atoms with Gasteiger partial charge in [-0.2, -0.15) is 0 Å². The van der Waals surface area contributed by atoms with Crippen molar-refractivity contribution < 1.29 is 38.1 Å². The fourth-order valence-corrected chi connectivity index (χ4v) is 4.44. The number of carbonyl (C=O) groups excluding carboxylic acids is 4. The van der Waals surface area contributed by atoms with E-state index in [1.54, 1.807) is 52.0 Å². The molecule has 186 valence electrons. The molecule has 1 heterocycles. The van der Waals surface area contributed by atoms with Crippen molar-refractivity contribution in [3.63, 3.8) is 0 Å². The molecule has 3 rings (SSSR count). The van der Waals surface area contributed by atoms with Crippen LogP contribution in [0.15, 0.2) is 24.3 Å². The maximum absolute atomic E-state index is 13.1. The number of methoxy groups -OCH3 is 1. The van der Waals surface area contributed by atoms with Crippen molar-refractivity contribution in [1.29, 1.82) is 0 Å². The van der Waals surface area contributed by atoms with E-state index in [0.29, 0.717) is 27.9 Å². The first-order valence-electron chi connectivity index (χ1n) is 11.5. The summed E-state index contributed by atoms with van der Waals surface area (Å²) in [5.41, 5.74) is 0.893. The Morgan fingerprint density at radius 2 is 1.43 bits per heavy atom. The van der Waals surface area contributed by atoms with Crippen LogP contribution in [0.25, 0.3) is 11.1 Å². The summed E-state index contributed by atoms with van der Waals surface area (Å²) >= 11 is 0. The van der Waals surface area contributed by atoms with Crippen LogP contribution in [-0.2, 0) is 41.4 Å². The van der Waals surface area contributed by atoms with Crippen molar-refractivity contribution in [2.45, 2.75) is 40.5 Å². The van der Waals surface area contributed by atoms with Crippen LogP contribution in [0.5, 0.6) is 0 Å². The number of carbonyl (C=O) groups is 4. The lowest BCUT2D eigenvalue weighted by molar-refractivity contribution is -0.171. The van der Waals surface area contributed by atoms with Gasteiger partial charge in [0.2, 0.25) is 0 Å². The maximum Gasteiger partial charge on any atom is 0.357 e. The molecule has 1 aliphatic rings. The number of esters is 4. The van der Waals surface area contributed by atoms with E-state index in [1.807, 2.05) is 0 Å². The third-order valence-electron chi connectivity index (χ3n) is 5.98. The van der Waals surface area contributed by atoms with E-state index < -0.39 is 29.3 Å². The predicted octanol–water partition coefficient (Wildman–Crippen LogP) is 3.23. The molecule has 2 aromatic rings. The third kappa shape index (κ3) is 4.62. The first kappa shape index (κ1) is 25.9. The molecule has 0 saturated heterocycles. The van der Waals surface area contributed by atoms with Crippen LogP contribution in [-0.4, -0.2) is 55.8 Å². The Hall–Kier alpha value is -3.75. The molecule has 0 radical (unpaired) electrons. The molecular weight excluding hydrogens is 454 g/mol. The second-order valence-electron chi connectivity index (χ2n) is 8.01. The fraction of sp³-hybridized carbons (Fsp3) is 0.423. The Morgan fingerprint density at radius 1 is 0.857 bits per heavy atom. The maximum atomic E-state index is 13.1. The zero-order valence-corrected chi connectivity index (χ0v) is 20.6. The van der Waals surface area contributed by atoms with Gasteiger partial charge < -0.3 is 18.9 Å². The number of fused-ring (bicyclic) bond motifs is 1. The molecule has 0 spiro atoms. The van der Waals surface area contributed by atoms with Gasteiger partial charge in [0.15, 0.2) is 11.1 Å². The average Bonchev–Trinajstić information content (AvgIpc) is 3.27. The first-order chi connectivity index (χ1) is 16.7. The number of nitrogens with zero attached hydrogens (tertiary/aromatic N) is 1. The summed E-state index contributed by atoms with van der Waals surface area (Å²) in [6.45, 7) is 6.96. The molecule has 9 nitrogen and oxygen atoms in total. The monoisotopic (exact) mass is 483 g/mol. The van der Waals surface area contributed by atoms with E-state index in [2.05, 4.69) is 4.98 Å². The third-order valence-corrected chi connectivity index (χ3v) is 5.98. The number of hydrogen-bond acceptors (Lipinski definition) is 9. The van der Waals surface area contributed by atoms with Gasteiger partial charge in [-0.3, -0.25) is 9.59 Å². The highest BCUT2D eigenvalue weighted by atomic mass is 16.6. The summed E-state index contributed by atoms with van der Waals surface area (Å²) in [4.78, 5) is 56.4. The van der Waals surface area contributed by atoms with Crippen LogP contribution < -0.4 is 0 Å². The summed E-state index contributed by atoms with van der Waals surface area (Å²) < 4.78 is 20.8. The average molecular weight is 484 g/mol. The smallest absolute Gasteiger partial charge is 0.357 e. The highest BCUT2D eigenvalue weighted by molar-refractivity contribution is 6.06. The van der Waals surface area contributed by atoms with E-state index >= 15 is 0 Å². The number of ether oxygens (including phenoxy) is 4. The van der Waals surface area contributed by atoms with Crippen molar-refractivity contribution in [3.05, 3.63) is 52.3 Å². The Labute approximate surface area is 203 Å². The minimum atomic E-state index is -1.64. The molecule has 35 heavy (non-hydrogen) atoms. The number of benzene rings is 1. The number of aryl methyl sites for hydroxylation is 1. The van der Waals surface area contributed by atoms with Gasteiger partial charge in [0.1, 0.15) is 0 Å². The number of aromatic nitrogens is 1. The van der Waals surface area contributed by atoms with Gasteiger partial charge >= 0.3 is 23.9 Å². The molecular formula is C26H29NO8. The van der Waals surface area contributed by atoms with Crippen LogP contribution >= 0.6 is 0 Å². The van der Waals surface area contributed by atoms with Crippen molar-refractivity contribution in [2.75, 3.05) is 26.9 Å².